The third-order valence-electron chi connectivity index (χ3n) is 4.78. The van der Waals surface area contributed by atoms with Gasteiger partial charge in [-0.3, -0.25) is 9.79 Å². The van der Waals surface area contributed by atoms with Gasteiger partial charge in [0.1, 0.15) is 0 Å². The van der Waals surface area contributed by atoms with E-state index in [4.69, 9.17) is 9.47 Å². The van der Waals surface area contributed by atoms with Crippen molar-refractivity contribution in [2.24, 2.45) is 4.99 Å². The molecule has 0 saturated heterocycles. The summed E-state index contributed by atoms with van der Waals surface area (Å²) in [6.07, 6.45) is 1.68. The summed E-state index contributed by atoms with van der Waals surface area (Å²) in [6, 6.07) is 13.7. The number of guanidine groups is 1. The van der Waals surface area contributed by atoms with Crippen LogP contribution in [0.15, 0.2) is 47.5 Å². The third kappa shape index (κ3) is 5.89. The Labute approximate surface area is 178 Å². The Balaban J connectivity index is 1.49. The SMILES string of the molecule is CN=C(NCCc1cccc(C(=O)N(C)C)c1)NCc1ccc2c(c1)OCCCO2. The average Bonchev–Trinajstić information content (AvgIpc) is 3.00. The number of carbonyl (C=O) groups excluding carboxylic acids is 1. The summed E-state index contributed by atoms with van der Waals surface area (Å²) in [5.41, 5.74) is 2.90. The molecule has 0 spiro atoms. The maximum Gasteiger partial charge on any atom is 0.253 e. The number of hydrogen-bond donors (Lipinski definition) is 2. The van der Waals surface area contributed by atoms with Crippen molar-refractivity contribution in [2.45, 2.75) is 19.4 Å². The lowest BCUT2D eigenvalue weighted by atomic mass is 10.1. The summed E-state index contributed by atoms with van der Waals surface area (Å²) >= 11 is 0. The van der Waals surface area contributed by atoms with Gasteiger partial charge in [-0.15, -0.1) is 0 Å². The van der Waals surface area contributed by atoms with E-state index in [1.165, 1.54) is 0 Å². The molecule has 1 amide bonds. The lowest BCUT2D eigenvalue weighted by Gasteiger charge is -2.14. The number of fused-ring (bicyclic) bond motifs is 1. The molecule has 0 fully saturated rings. The molecular formula is C23H30N4O3. The molecule has 7 heteroatoms. The maximum absolute atomic E-state index is 12.1. The minimum absolute atomic E-state index is 0.0115. The van der Waals surface area contributed by atoms with E-state index < -0.39 is 0 Å². The van der Waals surface area contributed by atoms with E-state index in [-0.39, 0.29) is 5.91 Å². The molecule has 0 radical (unpaired) electrons. The standard InChI is InChI=1S/C23H30N4O3/c1-24-23(25-11-10-17-6-4-7-19(14-17)22(28)27(2)3)26-16-18-8-9-20-21(15-18)30-13-5-12-29-20/h4,6-9,14-15H,5,10-13,16H2,1-3H3,(H2,24,25,26). The highest BCUT2D eigenvalue weighted by Crippen LogP contribution is 2.30. The first-order valence-electron chi connectivity index (χ1n) is 10.2. The Morgan fingerprint density at radius 1 is 1.03 bits per heavy atom. The van der Waals surface area contributed by atoms with E-state index in [1.807, 2.05) is 42.5 Å². The van der Waals surface area contributed by atoms with Gasteiger partial charge in [0.25, 0.3) is 5.91 Å². The molecule has 30 heavy (non-hydrogen) atoms. The largest absolute Gasteiger partial charge is 0.490 e. The molecule has 160 valence electrons. The number of ether oxygens (including phenoxy) is 2. The predicted molar refractivity (Wildman–Crippen MR) is 118 cm³/mol. The number of nitrogens with zero attached hydrogens (tertiary/aromatic N) is 2. The summed E-state index contributed by atoms with van der Waals surface area (Å²) in [6.45, 7) is 2.70. The topological polar surface area (TPSA) is 75.2 Å². The lowest BCUT2D eigenvalue weighted by molar-refractivity contribution is 0.0827. The molecule has 1 heterocycles. The summed E-state index contributed by atoms with van der Waals surface area (Å²) < 4.78 is 11.4. The van der Waals surface area contributed by atoms with Crippen molar-refractivity contribution < 1.29 is 14.3 Å². The monoisotopic (exact) mass is 410 g/mol. The summed E-state index contributed by atoms with van der Waals surface area (Å²) in [7, 11) is 5.27. The summed E-state index contributed by atoms with van der Waals surface area (Å²) in [4.78, 5) is 18.0. The van der Waals surface area contributed by atoms with Crippen LogP contribution in [0.4, 0.5) is 0 Å². The molecule has 2 aromatic rings. The first-order valence-corrected chi connectivity index (χ1v) is 10.2. The first-order chi connectivity index (χ1) is 14.6. The van der Waals surface area contributed by atoms with Crippen LogP contribution in [0, 0.1) is 0 Å². The van der Waals surface area contributed by atoms with Crippen LogP contribution in [0.3, 0.4) is 0 Å². The Morgan fingerprint density at radius 2 is 1.83 bits per heavy atom. The number of hydrogen-bond acceptors (Lipinski definition) is 4. The molecule has 0 aliphatic carbocycles. The van der Waals surface area contributed by atoms with E-state index in [0.717, 1.165) is 41.4 Å². The minimum Gasteiger partial charge on any atom is -0.490 e. The van der Waals surface area contributed by atoms with E-state index in [1.54, 1.807) is 26.0 Å². The number of benzene rings is 2. The lowest BCUT2D eigenvalue weighted by Crippen LogP contribution is -2.37. The van der Waals surface area contributed by atoms with Gasteiger partial charge in [-0.25, -0.2) is 0 Å². The summed E-state index contributed by atoms with van der Waals surface area (Å²) in [5.74, 6) is 2.33. The molecule has 1 aliphatic heterocycles. The highest BCUT2D eigenvalue weighted by atomic mass is 16.5. The van der Waals surface area contributed by atoms with Crippen LogP contribution in [0.1, 0.15) is 27.9 Å². The normalized spacial score (nSPS) is 13.4. The van der Waals surface area contributed by atoms with E-state index >= 15 is 0 Å². The van der Waals surface area contributed by atoms with Gasteiger partial charge in [0, 0.05) is 46.2 Å². The second-order valence-corrected chi connectivity index (χ2v) is 7.33. The number of rotatable bonds is 6. The molecule has 2 N–H and O–H groups in total. The zero-order valence-electron chi connectivity index (χ0n) is 17.9. The van der Waals surface area contributed by atoms with Gasteiger partial charge in [0.2, 0.25) is 0 Å². The quantitative estimate of drug-likeness (QED) is 0.565. The molecule has 0 saturated carbocycles. The van der Waals surface area contributed by atoms with Gasteiger partial charge < -0.3 is 25.0 Å². The smallest absolute Gasteiger partial charge is 0.253 e. The van der Waals surface area contributed by atoms with Gasteiger partial charge in [-0.2, -0.15) is 0 Å². The summed E-state index contributed by atoms with van der Waals surface area (Å²) in [5, 5.41) is 6.64. The molecule has 1 aliphatic rings. The fourth-order valence-electron chi connectivity index (χ4n) is 3.17. The molecule has 2 aromatic carbocycles. The average molecular weight is 411 g/mol. The van der Waals surface area contributed by atoms with Crippen LogP contribution in [-0.2, 0) is 13.0 Å². The van der Waals surface area contributed by atoms with Crippen LogP contribution < -0.4 is 20.1 Å². The Bertz CT molecular complexity index is 896. The van der Waals surface area contributed by atoms with Crippen molar-refractivity contribution in [3.63, 3.8) is 0 Å². The maximum atomic E-state index is 12.1. The van der Waals surface area contributed by atoms with Gasteiger partial charge in [-0.05, 0) is 41.8 Å². The predicted octanol–water partition coefficient (Wildman–Crippen LogP) is 2.46. The molecule has 0 bridgehead atoms. The fourth-order valence-corrected chi connectivity index (χ4v) is 3.17. The number of aliphatic imine (C=N–C) groups is 1. The van der Waals surface area contributed by atoms with Crippen molar-refractivity contribution in [1.29, 1.82) is 0 Å². The zero-order valence-corrected chi connectivity index (χ0v) is 17.9. The van der Waals surface area contributed by atoms with Crippen molar-refractivity contribution in [2.75, 3.05) is 40.9 Å². The second kappa shape index (κ2) is 10.5. The number of nitrogens with one attached hydrogen (secondary N) is 2. The van der Waals surface area contributed by atoms with Crippen LogP contribution in [0.25, 0.3) is 0 Å². The molecule has 7 nitrogen and oxygen atoms in total. The Hall–Kier alpha value is -3.22. The van der Waals surface area contributed by atoms with Crippen molar-refractivity contribution >= 4 is 11.9 Å². The molecular weight excluding hydrogens is 380 g/mol. The van der Waals surface area contributed by atoms with Gasteiger partial charge in [0.05, 0.1) is 13.2 Å². The van der Waals surface area contributed by atoms with E-state index in [0.29, 0.717) is 31.9 Å². The van der Waals surface area contributed by atoms with E-state index in [2.05, 4.69) is 15.6 Å². The van der Waals surface area contributed by atoms with E-state index in [9.17, 15) is 4.79 Å². The molecule has 0 aromatic heterocycles. The number of carbonyl (C=O) groups is 1. The molecule has 0 atom stereocenters. The minimum atomic E-state index is 0.0115. The highest BCUT2D eigenvalue weighted by molar-refractivity contribution is 5.94. The molecule has 3 rings (SSSR count). The third-order valence-corrected chi connectivity index (χ3v) is 4.78. The number of amides is 1. The van der Waals surface area contributed by atoms with Crippen LogP contribution in [0.5, 0.6) is 11.5 Å². The van der Waals surface area contributed by atoms with Crippen molar-refractivity contribution in [3.8, 4) is 11.5 Å². The van der Waals surface area contributed by atoms with Crippen molar-refractivity contribution in [3.05, 3.63) is 59.2 Å². The fraction of sp³-hybridized carbons (Fsp3) is 0.391. The zero-order chi connectivity index (χ0) is 21.3. The van der Waals surface area contributed by atoms with Crippen LogP contribution in [-0.4, -0.2) is 57.7 Å². The molecule has 0 unspecified atom stereocenters. The van der Waals surface area contributed by atoms with Crippen LogP contribution in [0.2, 0.25) is 0 Å². The van der Waals surface area contributed by atoms with Gasteiger partial charge in [-0.1, -0.05) is 18.2 Å². The first kappa shape index (κ1) is 21.5. The Kier molecular flexibility index (Phi) is 7.54. The van der Waals surface area contributed by atoms with Crippen LogP contribution >= 0.6 is 0 Å². The second-order valence-electron chi connectivity index (χ2n) is 7.33. The van der Waals surface area contributed by atoms with Gasteiger partial charge in [0.15, 0.2) is 17.5 Å². The highest BCUT2D eigenvalue weighted by Gasteiger charge is 2.11. The van der Waals surface area contributed by atoms with Crippen molar-refractivity contribution in [1.82, 2.24) is 15.5 Å². The Morgan fingerprint density at radius 3 is 2.60 bits per heavy atom. The van der Waals surface area contributed by atoms with Gasteiger partial charge >= 0.3 is 0 Å².